The van der Waals surface area contributed by atoms with Crippen molar-refractivity contribution >= 4 is 7.82 Å². The monoisotopic (exact) mass is 569 g/mol. The highest BCUT2D eigenvalue weighted by Gasteiger charge is 2.42. The second kappa shape index (κ2) is 13.2. The summed E-state index contributed by atoms with van der Waals surface area (Å²) >= 11 is 0. The average Bonchev–Trinajstić information content (AvgIpc) is 2.68. The summed E-state index contributed by atoms with van der Waals surface area (Å²) in [6, 6.07) is 0. The molecular weight excluding hydrogens is 509 g/mol. The lowest BCUT2D eigenvalue weighted by atomic mass is 9.82. The lowest BCUT2D eigenvalue weighted by Crippen LogP contribution is -2.56. The Morgan fingerprint density at radius 2 is 0.526 bits per heavy atom. The van der Waals surface area contributed by atoms with Gasteiger partial charge in [0, 0.05) is 33.2 Å². The lowest BCUT2D eigenvalue weighted by Gasteiger charge is -2.48. The highest BCUT2D eigenvalue weighted by Crippen LogP contribution is 2.38. The maximum absolute atomic E-state index is 9.80. The number of phosphoric acid groups is 1. The topological polar surface area (TPSA) is 148 Å². The van der Waals surface area contributed by atoms with E-state index in [2.05, 4.69) is 83.1 Å². The molecule has 10 nitrogen and oxygen atoms in total. The van der Waals surface area contributed by atoms with Crippen molar-refractivity contribution in [3.8, 4) is 0 Å². The molecule has 11 heteroatoms. The number of hydroxylamine groups is 6. The van der Waals surface area contributed by atoms with Crippen LogP contribution in [0.2, 0.25) is 0 Å². The maximum atomic E-state index is 9.80. The third-order valence-corrected chi connectivity index (χ3v) is 8.17. The zero-order chi connectivity index (χ0) is 30.6. The molecule has 0 bridgehead atoms. The van der Waals surface area contributed by atoms with Crippen LogP contribution in [0.5, 0.6) is 0 Å². The molecule has 3 fully saturated rings. The van der Waals surface area contributed by atoms with E-state index in [4.69, 9.17) is 19.2 Å². The Kier molecular flexibility index (Phi) is 13.2. The molecule has 230 valence electrons. The van der Waals surface area contributed by atoms with Crippen LogP contribution in [0.15, 0.2) is 0 Å². The van der Waals surface area contributed by atoms with Crippen LogP contribution in [-0.2, 0) is 4.57 Å². The van der Waals surface area contributed by atoms with Crippen molar-refractivity contribution in [2.24, 2.45) is 0 Å². The molecule has 3 heterocycles. The fraction of sp³-hybridized carbons (Fsp3) is 1.00. The predicted molar refractivity (Wildman–Crippen MR) is 151 cm³/mol. The van der Waals surface area contributed by atoms with E-state index in [1.54, 1.807) is 0 Å². The molecule has 0 amide bonds. The minimum absolute atomic E-state index is 0.0399. The third kappa shape index (κ3) is 12.2. The summed E-state index contributed by atoms with van der Waals surface area (Å²) in [5.74, 6) is 0. The van der Waals surface area contributed by atoms with E-state index in [1.165, 1.54) is 34.5 Å². The number of hydrogen-bond donors (Lipinski definition) is 6. The van der Waals surface area contributed by atoms with E-state index in [9.17, 15) is 15.6 Å². The zero-order valence-corrected chi connectivity index (χ0v) is 27.1. The molecule has 3 aliphatic rings. The van der Waals surface area contributed by atoms with Crippen molar-refractivity contribution in [1.29, 1.82) is 0 Å². The van der Waals surface area contributed by atoms with Gasteiger partial charge in [0.25, 0.3) is 0 Å². The number of nitrogens with zero attached hydrogens (tertiary/aromatic N) is 3. The van der Waals surface area contributed by atoms with Crippen LogP contribution in [0.4, 0.5) is 0 Å². The largest absolute Gasteiger partial charge is 0.466 e. The molecule has 6 N–H and O–H groups in total. The van der Waals surface area contributed by atoms with E-state index in [-0.39, 0.29) is 33.2 Å². The van der Waals surface area contributed by atoms with Gasteiger partial charge in [-0.2, -0.15) is 15.2 Å². The van der Waals surface area contributed by atoms with E-state index in [1.807, 2.05) is 0 Å². The first-order chi connectivity index (χ1) is 16.6. The normalized spacial score (nSPS) is 27.8. The highest BCUT2D eigenvalue weighted by molar-refractivity contribution is 7.45. The molecule has 0 aromatic carbocycles. The van der Waals surface area contributed by atoms with Gasteiger partial charge < -0.3 is 30.3 Å². The van der Waals surface area contributed by atoms with Gasteiger partial charge in [-0.3, -0.25) is 0 Å². The minimum Gasteiger partial charge on any atom is -0.313 e. The first kappa shape index (κ1) is 37.9. The summed E-state index contributed by atoms with van der Waals surface area (Å²) in [7, 11) is -4.64. The van der Waals surface area contributed by atoms with Crippen LogP contribution in [0.25, 0.3) is 0 Å². The Labute approximate surface area is 232 Å². The molecule has 0 saturated carbocycles. The van der Waals surface area contributed by atoms with Gasteiger partial charge in [0.2, 0.25) is 0 Å². The summed E-state index contributed by atoms with van der Waals surface area (Å²) < 4.78 is 8.88. The van der Waals surface area contributed by atoms with Crippen molar-refractivity contribution in [3.05, 3.63) is 0 Å². The van der Waals surface area contributed by atoms with Gasteiger partial charge in [0.1, 0.15) is 0 Å². The fourth-order valence-corrected chi connectivity index (χ4v) is 5.95. The first-order valence-corrected chi connectivity index (χ1v) is 15.4. The molecule has 0 aromatic rings. The van der Waals surface area contributed by atoms with Crippen LogP contribution >= 0.6 is 7.82 Å². The standard InChI is InChI=1S/3C9H19NO.H3O4P/c3*1-8(2)6-5-7-9(3,4)10(8)11;1-5(2,3)4/h3*11H,5-7H2,1-4H3;(H3,1,2,3,4). The van der Waals surface area contributed by atoms with Gasteiger partial charge in [-0.15, -0.1) is 0 Å². The maximum Gasteiger partial charge on any atom is 0.466 e. The van der Waals surface area contributed by atoms with E-state index in [0.29, 0.717) is 0 Å². The van der Waals surface area contributed by atoms with Crippen molar-refractivity contribution in [3.63, 3.8) is 0 Å². The molecule has 0 unspecified atom stereocenters. The Morgan fingerprint density at radius 3 is 0.605 bits per heavy atom. The average molecular weight is 570 g/mol. The van der Waals surface area contributed by atoms with Crippen molar-refractivity contribution in [2.75, 3.05) is 0 Å². The number of rotatable bonds is 0. The quantitative estimate of drug-likeness (QED) is 0.183. The van der Waals surface area contributed by atoms with E-state index < -0.39 is 7.82 Å². The second-order valence-corrected chi connectivity index (χ2v) is 15.9. The third-order valence-electron chi connectivity index (χ3n) is 8.17. The van der Waals surface area contributed by atoms with Gasteiger partial charge in [-0.05, 0) is 141 Å². The van der Waals surface area contributed by atoms with Gasteiger partial charge in [0.05, 0.1) is 0 Å². The first-order valence-electron chi connectivity index (χ1n) is 13.8. The summed E-state index contributed by atoms with van der Waals surface area (Å²) in [5, 5.41) is 33.9. The molecular formula is C27H60N3O7P. The molecule has 0 spiro atoms. The van der Waals surface area contributed by atoms with Gasteiger partial charge in [0.15, 0.2) is 0 Å². The van der Waals surface area contributed by atoms with Crippen molar-refractivity contribution in [2.45, 2.75) is 174 Å². The molecule has 0 aliphatic carbocycles. The lowest BCUT2D eigenvalue weighted by molar-refractivity contribution is -0.241. The van der Waals surface area contributed by atoms with Crippen molar-refractivity contribution in [1.82, 2.24) is 15.2 Å². The number of piperidine rings is 3. The highest BCUT2D eigenvalue weighted by atomic mass is 31.2. The fourth-order valence-electron chi connectivity index (χ4n) is 5.95. The van der Waals surface area contributed by atoms with Crippen LogP contribution in [0.1, 0.15) is 141 Å². The molecule has 3 aliphatic heterocycles. The van der Waals surface area contributed by atoms with E-state index >= 15 is 0 Å². The van der Waals surface area contributed by atoms with E-state index in [0.717, 1.165) is 38.5 Å². The summed E-state index contributed by atoms with van der Waals surface area (Å²) in [5.41, 5.74) is -0.240. The molecule has 38 heavy (non-hydrogen) atoms. The molecule has 0 atom stereocenters. The minimum atomic E-state index is -4.64. The van der Waals surface area contributed by atoms with Crippen molar-refractivity contribution < 1.29 is 34.9 Å². The molecule has 0 radical (unpaired) electrons. The van der Waals surface area contributed by atoms with Gasteiger partial charge in [-0.1, -0.05) is 0 Å². The van der Waals surface area contributed by atoms with Crippen LogP contribution < -0.4 is 0 Å². The molecule has 3 saturated heterocycles. The van der Waals surface area contributed by atoms with Gasteiger partial charge >= 0.3 is 7.82 Å². The SMILES string of the molecule is CC1(C)CCCC(C)(C)N1O.CC1(C)CCCC(C)(C)N1O.CC1(C)CCCC(C)(C)N1O.O=P(O)(O)O. The summed E-state index contributed by atoms with van der Waals surface area (Å²) in [4.78, 5) is 21.6. The summed E-state index contributed by atoms with van der Waals surface area (Å²) in [6.07, 6.45) is 10.2. The van der Waals surface area contributed by atoms with Crippen LogP contribution in [0, 0.1) is 0 Å². The Hall–Kier alpha value is -0.130. The Balaban J connectivity index is 0.000000497. The Bertz CT molecular complexity index is 637. The zero-order valence-electron chi connectivity index (χ0n) is 26.2. The number of hydrogen-bond acceptors (Lipinski definition) is 7. The smallest absolute Gasteiger partial charge is 0.313 e. The van der Waals surface area contributed by atoms with Crippen LogP contribution in [0.3, 0.4) is 0 Å². The molecule has 3 rings (SSSR count). The second-order valence-electron chi connectivity index (χ2n) is 14.9. The van der Waals surface area contributed by atoms with Gasteiger partial charge in [-0.25, -0.2) is 4.57 Å². The summed E-state index contributed by atoms with van der Waals surface area (Å²) in [6.45, 7) is 25.1. The van der Waals surface area contributed by atoms with Crippen LogP contribution in [-0.4, -0.2) is 78.7 Å². The Morgan fingerprint density at radius 1 is 0.421 bits per heavy atom. The predicted octanol–water partition coefficient (Wildman–Crippen LogP) is 6.33. The molecule has 0 aromatic heterocycles.